The van der Waals surface area contributed by atoms with Crippen LogP contribution in [0.3, 0.4) is 0 Å². The van der Waals surface area contributed by atoms with Crippen LogP contribution >= 0.6 is 11.6 Å². The molecule has 0 aromatic heterocycles. The monoisotopic (exact) mass is 643 g/mol. The third kappa shape index (κ3) is 6.51. The van der Waals surface area contributed by atoms with Crippen molar-refractivity contribution in [2.75, 3.05) is 0 Å². The van der Waals surface area contributed by atoms with E-state index in [2.05, 4.69) is 57.3 Å². The van der Waals surface area contributed by atoms with Crippen LogP contribution in [0.2, 0.25) is 5.02 Å². The molecule has 6 rings (SSSR count). The van der Waals surface area contributed by atoms with E-state index in [1.807, 2.05) is 30.3 Å². The van der Waals surface area contributed by atoms with E-state index in [0.29, 0.717) is 39.0 Å². The number of esters is 1. The van der Waals surface area contributed by atoms with Crippen molar-refractivity contribution in [2.24, 2.45) is 0 Å². The molecule has 238 valence electrons. The molecule has 0 atom stereocenters. The van der Waals surface area contributed by atoms with E-state index in [9.17, 15) is 4.79 Å². The fourth-order valence-corrected chi connectivity index (χ4v) is 6.69. The molecule has 0 amide bonds. The zero-order chi connectivity index (χ0) is 33.3. The number of benzene rings is 5. The molecular formula is C40H38ClN3O3. The summed E-state index contributed by atoms with van der Waals surface area (Å²) in [5, 5.41) is 22.7. The van der Waals surface area contributed by atoms with Gasteiger partial charge in [0.1, 0.15) is 28.9 Å². The Morgan fingerprint density at radius 1 is 0.830 bits per heavy atom. The number of ether oxygens (including phenoxy) is 2. The Kier molecular flexibility index (Phi) is 8.89. The number of carbonyl (C=O) groups is 1. The predicted octanol–water partition coefficient (Wildman–Crippen LogP) is 10.5. The molecule has 6 nitrogen and oxygen atoms in total. The molecule has 3 N–H and O–H groups in total. The minimum Gasteiger partial charge on any atom is -0.456 e. The second-order valence-corrected chi connectivity index (χ2v) is 13.4. The fourth-order valence-electron chi connectivity index (χ4n) is 6.20. The van der Waals surface area contributed by atoms with Crippen LogP contribution in [0.4, 0.5) is 0 Å². The standard InChI is InChI=1S/C40H38ClN3O3/c1-5-6-8-12-24-13-11-14-26(21-24)32-33-27(22-30-34(32)38(43)44-37(30)42)23-31(41)35(40(2,3)4)36(33)46-29-19-17-25(18-20-29)39(45)47-28-15-9-7-10-16-28/h7,9-11,13-23H,5-6,8,12H2,1-4H3,(H3,42,43,44). The number of fused-ring (bicyclic) bond motifs is 2. The summed E-state index contributed by atoms with van der Waals surface area (Å²) in [6.07, 6.45) is 4.37. The molecule has 7 heteroatoms. The Morgan fingerprint density at radius 2 is 1.57 bits per heavy atom. The molecule has 0 radical (unpaired) electrons. The number of aryl methyl sites for hydroxylation is 1. The number of halogens is 1. The lowest BCUT2D eigenvalue weighted by Crippen LogP contribution is -2.20. The summed E-state index contributed by atoms with van der Waals surface area (Å²) >= 11 is 7.06. The number of hydrogen-bond acceptors (Lipinski definition) is 5. The highest BCUT2D eigenvalue weighted by Gasteiger charge is 2.32. The molecule has 0 unspecified atom stereocenters. The van der Waals surface area contributed by atoms with E-state index >= 15 is 0 Å². The molecule has 1 heterocycles. The largest absolute Gasteiger partial charge is 0.456 e. The lowest BCUT2D eigenvalue weighted by atomic mass is 9.81. The summed E-state index contributed by atoms with van der Waals surface area (Å²) in [4.78, 5) is 12.8. The highest BCUT2D eigenvalue weighted by molar-refractivity contribution is 6.34. The average molecular weight is 644 g/mol. The molecule has 0 fully saturated rings. The van der Waals surface area contributed by atoms with Crippen LogP contribution in [0.1, 0.15) is 79.6 Å². The van der Waals surface area contributed by atoms with Crippen LogP contribution < -0.4 is 14.8 Å². The molecule has 0 spiro atoms. The van der Waals surface area contributed by atoms with Crippen molar-refractivity contribution in [3.8, 4) is 28.4 Å². The normalized spacial score (nSPS) is 12.6. The van der Waals surface area contributed by atoms with Crippen LogP contribution in [0.15, 0.2) is 91.0 Å². The van der Waals surface area contributed by atoms with Crippen molar-refractivity contribution < 1.29 is 14.3 Å². The second kappa shape index (κ2) is 13.0. The Morgan fingerprint density at radius 3 is 2.28 bits per heavy atom. The molecule has 5 aromatic rings. The SMILES string of the molecule is CCCCCc1cccc(-c2c3c(cc4cc(Cl)c(C(C)(C)C)c(Oc5ccc(C(=O)Oc6ccccc6)cc5)c24)C(=N)NC3=N)c1. The van der Waals surface area contributed by atoms with Gasteiger partial charge in [-0.05, 0) is 83.3 Å². The van der Waals surface area contributed by atoms with Gasteiger partial charge in [-0.1, -0.05) is 94.6 Å². The van der Waals surface area contributed by atoms with E-state index < -0.39 is 11.4 Å². The second-order valence-electron chi connectivity index (χ2n) is 12.9. The smallest absolute Gasteiger partial charge is 0.343 e. The summed E-state index contributed by atoms with van der Waals surface area (Å²) in [5.74, 6) is 1.48. The van der Waals surface area contributed by atoms with Gasteiger partial charge in [-0.2, -0.15) is 0 Å². The van der Waals surface area contributed by atoms with Crippen LogP contribution in [-0.2, 0) is 11.8 Å². The number of amidine groups is 2. The molecule has 0 aliphatic carbocycles. The van der Waals surface area contributed by atoms with E-state index in [-0.39, 0.29) is 11.7 Å². The molecule has 0 bridgehead atoms. The molecule has 5 aromatic carbocycles. The molecule has 1 aliphatic heterocycles. The first-order chi connectivity index (χ1) is 22.5. The van der Waals surface area contributed by atoms with E-state index in [1.165, 1.54) is 5.56 Å². The molecule has 1 aliphatic rings. The fraction of sp³-hybridized carbons (Fsp3) is 0.225. The summed E-state index contributed by atoms with van der Waals surface area (Å²) in [5.41, 5.74) is 5.14. The summed E-state index contributed by atoms with van der Waals surface area (Å²) in [6.45, 7) is 8.48. The molecule has 0 saturated carbocycles. The number of carbonyl (C=O) groups excluding carboxylic acids is 1. The number of unbranched alkanes of at least 4 members (excludes halogenated alkanes) is 2. The predicted molar refractivity (Wildman–Crippen MR) is 191 cm³/mol. The van der Waals surface area contributed by atoms with Crippen molar-refractivity contribution in [2.45, 2.75) is 58.8 Å². The van der Waals surface area contributed by atoms with Gasteiger partial charge in [-0.3, -0.25) is 10.8 Å². The average Bonchev–Trinajstić information content (AvgIpc) is 3.32. The maximum atomic E-state index is 12.8. The van der Waals surface area contributed by atoms with E-state index in [1.54, 1.807) is 36.4 Å². The summed E-state index contributed by atoms with van der Waals surface area (Å²) in [7, 11) is 0. The van der Waals surface area contributed by atoms with Crippen molar-refractivity contribution in [1.82, 2.24) is 5.32 Å². The maximum Gasteiger partial charge on any atom is 0.343 e. The first-order valence-electron chi connectivity index (χ1n) is 16.0. The lowest BCUT2D eigenvalue weighted by Gasteiger charge is -2.27. The van der Waals surface area contributed by atoms with Gasteiger partial charge in [0.2, 0.25) is 0 Å². The third-order valence-corrected chi connectivity index (χ3v) is 8.70. The van der Waals surface area contributed by atoms with Gasteiger partial charge in [0.25, 0.3) is 0 Å². The van der Waals surface area contributed by atoms with Gasteiger partial charge in [0, 0.05) is 32.7 Å². The van der Waals surface area contributed by atoms with Crippen LogP contribution in [0, 0.1) is 10.8 Å². The van der Waals surface area contributed by atoms with E-state index in [0.717, 1.165) is 53.1 Å². The van der Waals surface area contributed by atoms with E-state index in [4.69, 9.17) is 31.9 Å². The van der Waals surface area contributed by atoms with Gasteiger partial charge in [0.05, 0.1) is 5.56 Å². The van der Waals surface area contributed by atoms with Crippen molar-refractivity contribution in [3.05, 3.63) is 124 Å². The van der Waals surface area contributed by atoms with Gasteiger partial charge < -0.3 is 14.8 Å². The highest BCUT2D eigenvalue weighted by atomic mass is 35.5. The number of nitrogens with one attached hydrogen (secondary N) is 3. The zero-order valence-corrected chi connectivity index (χ0v) is 27.8. The number of rotatable bonds is 9. The Balaban J connectivity index is 1.53. The zero-order valence-electron chi connectivity index (χ0n) is 27.1. The van der Waals surface area contributed by atoms with Gasteiger partial charge in [-0.15, -0.1) is 0 Å². The molecule has 47 heavy (non-hydrogen) atoms. The Bertz CT molecular complexity index is 2010. The van der Waals surface area contributed by atoms with Crippen molar-refractivity contribution >= 4 is 40.0 Å². The quantitative estimate of drug-likeness (QED) is 0.0846. The third-order valence-electron chi connectivity index (χ3n) is 8.40. The van der Waals surface area contributed by atoms with Crippen LogP contribution in [0.5, 0.6) is 17.2 Å². The highest BCUT2D eigenvalue weighted by Crippen LogP contribution is 2.49. The molecular weight excluding hydrogens is 606 g/mol. The van der Waals surface area contributed by atoms with Gasteiger partial charge >= 0.3 is 5.97 Å². The minimum absolute atomic E-state index is 0.178. The number of para-hydroxylation sites is 1. The number of hydrogen-bond donors (Lipinski definition) is 3. The lowest BCUT2D eigenvalue weighted by molar-refractivity contribution is 0.0734. The van der Waals surface area contributed by atoms with Gasteiger partial charge in [-0.25, -0.2) is 4.79 Å². The van der Waals surface area contributed by atoms with Gasteiger partial charge in [0.15, 0.2) is 0 Å². The van der Waals surface area contributed by atoms with Crippen LogP contribution in [0.25, 0.3) is 21.9 Å². The van der Waals surface area contributed by atoms with Crippen LogP contribution in [-0.4, -0.2) is 17.6 Å². The van der Waals surface area contributed by atoms with Crippen molar-refractivity contribution in [3.63, 3.8) is 0 Å². The summed E-state index contributed by atoms with van der Waals surface area (Å²) in [6, 6.07) is 28.2. The minimum atomic E-state index is -0.462. The molecule has 0 saturated heterocycles. The first-order valence-corrected chi connectivity index (χ1v) is 16.4. The maximum absolute atomic E-state index is 12.8. The Hall–Kier alpha value is -4.94. The Labute approximate surface area is 280 Å². The van der Waals surface area contributed by atoms with Crippen molar-refractivity contribution in [1.29, 1.82) is 10.8 Å². The first kappa shape index (κ1) is 32.0. The summed E-state index contributed by atoms with van der Waals surface area (Å²) < 4.78 is 12.3. The topological polar surface area (TPSA) is 95.3 Å².